The van der Waals surface area contributed by atoms with Crippen molar-refractivity contribution in [1.82, 2.24) is 9.78 Å². The minimum absolute atomic E-state index is 0.0619. The molecule has 0 unspecified atom stereocenters. The Balaban J connectivity index is 1.27. The fourth-order valence-corrected chi connectivity index (χ4v) is 6.50. The van der Waals surface area contributed by atoms with E-state index in [1.165, 1.54) is 40.7 Å². The van der Waals surface area contributed by atoms with Crippen molar-refractivity contribution in [3.63, 3.8) is 0 Å². The van der Waals surface area contributed by atoms with E-state index in [0.29, 0.717) is 18.9 Å². The molecule has 1 aliphatic rings. The van der Waals surface area contributed by atoms with E-state index < -0.39 is 0 Å². The van der Waals surface area contributed by atoms with E-state index in [0.717, 1.165) is 35.0 Å². The van der Waals surface area contributed by atoms with Gasteiger partial charge in [-0.15, -0.1) is 0 Å². The van der Waals surface area contributed by atoms with Gasteiger partial charge in [0.05, 0.1) is 17.8 Å². The number of carbonyl (C=O) groups is 1. The molecular weight excluding hydrogens is 488 g/mol. The molecular formula is C37H38N2O. The summed E-state index contributed by atoms with van der Waals surface area (Å²) in [5.74, 6) is 0.714. The fourth-order valence-electron chi connectivity index (χ4n) is 6.50. The maximum Gasteiger partial charge on any atom is 0.163 e. The largest absolute Gasteiger partial charge is 0.294 e. The Labute approximate surface area is 237 Å². The summed E-state index contributed by atoms with van der Waals surface area (Å²) < 4.78 is 2.05. The van der Waals surface area contributed by atoms with Gasteiger partial charge in [-0.05, 0) is 59.6 Å². The zero-order chi connectivity index (χ0) is 27.7. The molecule has 6 rings (SSSR count). The van der Waals surface area contributed by atoms with Crippen molar-refractivity contribution in [3.8, 4) is 11.1 Å². The molecule has 0 bridgehead atoms. The first-order valence-corrected chi connectivity index (χ1v) is 14.7. The van der Waals surface area contributed by atoms with Crippen LogP contribution in [0.1, 0.15) is 84.6 Å². The molecule has 3 nitrogen and oxygen atoms in total. The first-order valence-electron chi connectivity index (χ1n) is 14.7. The summed E-state index contributed by atoms with van der Waals surface area (Å²) in [6.07, 6.45) is 5.10. The molecule has 202 valence electrons. The van der Waals surface area contributed by atoms with Gasteiger partial charge in [0.15, 0.2) is 5.78 Å². The van der Waals surface area contributed by atoms with Crippen molar-refractivity contribution in [2.24, 2.45) is 0 Å². The summed E-state index contributed by atoms with van der Waals surface area (Å²) in [5, 5.41) is 5.97. The van der Waals surface area contributed by atoms with Crippen LogP contribution in [0.2, 0.25) is 0 Å². The lowest BCUT2D eigenvalue weighted by atomic mass is 9.73. The molecule has 3 heteroatoms. The smallest absolute Gasteiger partial charge is 0.163 e. The minimum atomic E-state index is -0.0619. The van der Waals surface area contributed by atoms with Crippen molar-refractivity contribution < 1.29 is 4.79 Å². The van der Waals surface area contributed by atoms with Gasteiger partial charge in [-0.25, -0.2) is 0 Å². The maximum atomic E-state index is 13.9. The van der Waals surface area contributed by atoms with E-state index >= 15 is 0 Å². The Kier molecular flexibility index (Phi) is 7.14. The highest BCUT2D eigenvalue weighted by Gasteiger charge is 2.38. The Morgan fingerprint density at radius 3 is 2.30 bits per heavy atom. The second kappa shape index (κ2) is 10.9. The van der Waals surface area contributed by atoms with Gasteiger partial charge < -0.3 is 0 Å². The lowest BCUT2D eigenvalue weighted by molar-refractivity contribution is 0.0949. The summed E-state index contributed by atoms with van der Waals surface area (Å²) >= 11 is 0. The van der Waals surface area contributed by atoms with Crippen LogP contribution in [0.5, 0.6) is 0 Å². The van der Waals surface area contributed by atoms with Crippen LogP contribution in [0.15, 0.2) is 97.1 Å². The average Bonchev–Trinajstić information content (AvgIpc) is 3.58. The third kappa shape index (κ3) is 5.13. The quantitative estimate of drug-likeness (QED) is 0.189. The number of Topliss-reactive ketones (excluding diaryl/α,β-unsaturated/α-hetero) is 1. The van der Waals surface area contributed by atoms with Crippen molar-refractivity contribution in [2.45, 2.75) is 70.8 Å². The van der Waals surface area contributed by atoms with Crippen LogP contribution in [0.4, 0.5) is 0 Å². The number of aromatic nitrogens is 2. The van der Waals surface area contributed by atoms with E-state index in [1.807, 2.05) is 19.1 Å². The van der Waals surface area contributed by atoms with Crippen molar-refractivity contribution in [1.29, 1.82) is 0 Å². The predicted octanol–water partition coefficient (Wildman–Crippen LogP) is 9.27. The molecule has 0 saturated heterocycles. The number of fused-ring (bicyclic) bond motifs is 1. The molecule has 0 radical (unpaired) electrons. The van der Waals surface area contributed by atoms with Crippen LogP contribution in [0.25, 0.3) is 22.0 Å². The highest BCUT2D eigenvalue weighted by molar-refractivity contribution is 6.00. The van der Waals surface area contributed by atoms with Gasteiger partial charge in [0.25, 0.3) is 0 Å². The molecule has 40 heavy (non-hydrogen) atoms. The Hall–Kier alpha value is -3.98. The number of aryl methyl sites for hydroxylation is 1. The third-order valence-electron chi connectivity index (χ3n) is 8.88. The lowest BCUT2D eigenvalue weighted by Crippen LogP contribution is -2.26. The molecule has 1 fully saturated rings. The molecule has 4 aromatic carbocycles. The maximum absolute atomic E-state index is 13.9. The summed E-state index contributed by atoms with van der Waals surface area (Å²) in [7, 11) is 0. The summed E-state index contributed by atoms with van der Waals surface area (Å²) in [4.78, 5) is 13.9. The van der Waals surface area contributed by atoms with Crippen molar-refractivity contribution >= 4 is 16.7 Å². The number of hydrogen-bond acceptors (Lipinski definition) is 2. The van der Waals surface area contributed by atoms with E-state index in [-0.39, 0.29) is 11.2 Å². The monoisotopic (exact) mass is 526 g/mol. The number of carbonyl (C=O) groups excluding carboxylic acids is 1. The number of nitrogens with zero attached hydrogens (tertiary/aromatic N) is 2. The zero-order valence-corrected chi connectivity index (χ0v) is 23.9. The van der Waals surface area contributed by atoms with Crippen LogP contribution in [-0.2, 0) is 12.0 Å². The molecule has 0 atom stereocenters. The molecule has 1 aromatic heterocycles. The molecule has 1 saturated carbocycles. The van der Waals surface area contributed by atoms with E-state index in [2.05, 4.69) is 103 Å². The first-order chi connectivity index (χ1) is 19.4. The average molecular weight is 527 g/mol. The molecule has 0 N–H and O–H groups in total. The van der Waals surface area contributed by atoms with E-state index in [1.54, 1.807) is 0 Å². The van der Waals surface area contributed by atoms with Gasteiger partial charge in [0.1, 0.15) is 0 Å². The highest BCUT2D eigenvalue weighted by Crippen LogP contribution is 2.45. The topological polar surface area (TPSA) is 34.9 Å². The van der Waals surface area contributed by atoms with Gasteiger partial charge in [0.2, 0.25) is 0 Å². The molecule has 5 aromatic rings. The standard InChI is InChI=1S/C37H38N2O/c1-26(2)31-12-9-13-33(22-31)37(20-7-8-21-37)24-36(40)32-18-19-34-27(3)38-39(35(34)23-32)25-28-14-16-30(17-15-28)29-10-5-4-6-11-29/h4-6,9-19,22-23,26H,7-8,20-21,24-25H2,1-3H3. The van der Waals surface area contributed by atoms with Crippen molar-refractivity contribution in [3.05, 3.63) is 125 Å². The van der Waals surface area contributed by atoms with Gasteiger partial charge in [-0.1, -0.05) is 118 Å². The molecule has 1 aliphatic carbocycles. The third-order valence-corrected chi connectivity index (χ3v) is 8.88. The lowest BCUT2D eigenvalue weighted by Gasteiger charge is -2.30. The molecule has 0 amide bonds. The van der Waals surface area contributed by atoms with Gasteiger partial charge >= 0.3 is 0 Å². The zero-order valence-electron chi connectivity index (χ0n) is 23.9. The van der Waals surface area contributed by atoms with Crippen LogP contribution in [0, 0.1) is 6.92 Å². The van der Waals surface area contributed by atoms with Crippen molar-refractivity contribution in [2.75, 3.05) is 0 Å². The summed E-state index contributed by atoms with van der Waals surface area (Å²) in [5.41, 5.74) is 9.06. The Morgan fingerprint density at radius 2 is 1.57 bits per heavy atom. The van der Waals surface area contributed by atoms with E-state index in [4.69, 9.17) is 5.10 Å². The Bertz CT molecular complexity index is 1640. The minimum Gasteiger partial charge on any atom is -0.294 e. The molecule has 0 spiro atoms. The molecule has 0 aliphatic heterocycles. The SMILES string of the molecule is Cc1nn(Cc2ccc(-c3ccccc3)cc2)c2cc(C(=O)CC3(c4cccc(C(C)C)c4)CCCC3)ccc12. The van der Waals surface area contributed by atoms with Gasteiger partial charge in [-0.2, -0.15) is 5.10 Å². The van der Waals surface area contributed by atoms with Crippen LogP contribution >= 0.6 is 0 Å². The summed E-state index contributed by atoms with van der Waals surface area (Å²) in [6.45, 7) is 7.20. The fraction of sp³-hybridized carbons (Fsp3) is 0.297. The number of rotatable bonds is 8. The van der Waals surface area contributed by atoms with Crippen LogP contribution < -0.4 is 0 Å². The highest BCUT2D eigenvalue weighted by atomic mass is 16.1. The number of hydrogen-bond donors (Lipinski definition) is 0. The normalized spacial score (nSPS) is 14.7. The van der Waals surface area contributed by atoms with E-state index in [9.17, 15) is 4.79 Å². The Morgan fingerprint density at radius 1 is 0.850 bits per heavy atom. The second-order valence-electron chi connectivity index (χ2n) is 11.9. The predicted molar refractivity (Wildman–Crippen MR) is 165 cm³/mol. The van der Waals surface area contributed by atoms with Crippen LogP contribution in [-0.4, -0.2) is 15.6 Å². The number of ketones is 1. The van der Waals surface area contributed by atoms with Gasteiger partial charge in [0, 0.05) is 22.8 Å². The van der Waals surface area contributed by atoms with Crippen LogP contribution in [0.3, 0.4) is 0 Å². The number of benzene rings is 4. The summed E-state index contributed by atoms with van der Waals surface area (Å²) in [6, 6.07) is 34.3. The second-order valence-corrected chi connectivity index (χ2v) is 11.9. The first kappa shape index (κ1) is 26.3. The van der Waals surface area contributed by atoms with Gasteiger partial charge in [-0.3, -0.25) is 9.48 Å². The molecule has 1 heterocycles.